The zero-order chi connectivity index (χ0) is 18.8. The molecule has 1 aromatic carbocycles. The monoisotopic (exact) mass is 360 g/mol. The van der Waals surface area contributed by atoms with E-state index in [1.807, 2.05) is 18.9 Å². The van der Waals surface area contributed by atoms with Gasteiger partial charge in [0.2, 0.25) is 0 Å². The Bertz CT molecular complexity index is 680. The van der Waals surface area contributed by atoms with Gasteiger partial charge in [-0.15, -0.1) is 0 Å². The van der Waals surface area contributed by atoms with Gasteiger partial charge in [-0.3, -0.25) is 9.98 Å². The maximum Gasteiger partial charge on any atom is 0.193 e. The quantitative estimate of drug-likeness (QED) is 0.558. The number of aliphatic hydroxyl groups excluding tert-OH is 1. The number of halogens is 1. The molecule has 0 aliphatic heterocycles. The second-order valence-corrected chi connectivity index (χ2v) is 5.71. The van der Waals surface area contributed by atoms with Crippen molar-refractivity contribution in [2.45, 2.75) is 13.0 Å². The Kier molecular flexibility index (Phi) is 7.82. The van der Waals surface area contributed by atoms with Crippen molar-refractivity contribution >= 4 is 5.96 Å². The number of ether oxygens (including phenoxy) is 1. The molecule has 2 rings (SSSR count). The molecular weight excluding hydrogens is 335 g/mol. The molecule has 1 heterocycles. The molecule has 140 valence electrons. The van der Waals surface area contributed by atoms with Gasteiger partial charge in [-0.2, -0.15) is 0 Å². The summed E-state index contributed by atoms with van der Waals surface area (Å²) in [5.41, 5.74) is 0.780. The first-order chi connectivity index (χ1) is 12.6. The topological polar surface area (TPSA) is 70.0 Å². The van der Waals surface area contributed by atoms with Crippen LogP contribution in [0.4, 0.5) is 4.39 Å². The molecule has 26 heavy (non-hydrogen) atoms. The van der Waals surface area contributed by atoms with E-state index in [2.05, 4.69) is 15.3 Å². The number of rotatable bonds is 8. The van der Waals surface area contributed by atoms with E-state index < -0.39 is 6.10 Å². The number of hydrogen-bond acceptors (Lipinski definition) is 4. The molecule has 6 nitrogen and oxygen atoms in total. The van der Waals surface area contributed by atoms with E-state index in [0.29, 0.717) is 31.4 Å². The Morgan fingerprint density at radius 3 is 2.62 bits per heavy atom. The van der Waals surface area contributed by atoms with Crippen molar-refractivity contribution in [3.8, 4) is 5.75 Å². The van der Waals surface area contributed by atoms with Crippen molar-refractivity contribution in [2.24, 2.45) is 4.99 Å². The van der Waals surface area contributed by atoms with E-state index in [9.17, 15) is 9.50 Å². The molecule has 7 heteroatoms. The Morgan fingerprint density at radius 1 is 1.27 bits per heavy atom. The molecule has 0 amide bonds. The minimum absolute atomic E-state index is 0.246. The molecule has 1 atom stereocenters. The number of aromatic nitrogens is 1. The fraction of sp³-hybridized carbons (Fsp3) is 0.368. The first-order valence-corrected chi connectivity index (χ1v) is 8.56. The minimum atomic E-state index is -0.685. The predicted octanol–water partition coefficient (Wildman–Crippen LogP) is 2.23. The summed E-state index contributed by atoms with van der Waals surface area (Å²) in [6.45, 7) is 3.97. The number of nitrogens with zero attached hydrogens (tertiary/aromatic N) is 3. The SMILES string of the molecule is CCNC(=NCC(O)c1ccncc1)N(C)CCOc1ccc(F)cc1. The smallest absolute Gasteiger partial charge is 0.193 e. The van der Waals surface area contributed by atoms with E-state index in [1.165, 1.54) is 12.1 Å². The number of hydrogen-bond donors (Lipinski definition) is 2. The number of aliphatic imine (C=N–C) groups is 1. The van der Waals surface area contributed by atoms with E-state index in [1.54, 1.807) is 36.7 Å². The highest BCUT2D eigenvalue weighted by Crippen LogP contribution is 2.12. The van der Waals surface area contributed by atoms with E-state index >= 15 is 0 Å². The van der Waals surface area contributed by atoms with E-state index in [4.69, 9.17) is 4.74 Å². The van der Waals surface area contributed by atoms with Gasteiger partial charge < -0.3 is 20.1 Å². The lowest BCUT2D eigenvalue weighted by Gasteiger charge is -2.22. The highest BCUT2D eigenvalue weighted by atomic mass is 19.1. The zero-order valence-corrected chi connectivity index (χ0v) is 15.1. The summed E-state index contributed by atoms with van der Waals surface area (Å²) in [4.78, 5) is 10.3. The standard InChI is InChI=1S/C19H25FN4O2/c1-3-22-19(23-14-18(25)15-8-10-21-11-9-15)24(2)12-13-26-17-6-4-16(20)5-7-17/h4-11,18,25H,3,12-14H2,1-2H3,(H,22,23). The van der Waals surface area contributed by atoms with Crippen LogP contribution < -0.4 is 10.1 Å². The Balaban J connectivity index is 1.87. The predicted molar refractivity (Wildman–Crippen MR) is 99.7 cm³/mol. The minimum Gasteiger partial charge on any atom is -0.492 e. The molecule has 2 aromatic rings. The number of benzene rings is 1. The van der Waals surface area contributed by atoms with Gasteiger partial charge in [0, 0.05) is 26.0 Å². The fourth-order valence-corrected chi connectivity index (χ4v) is 2.27. The number of guanidine groups is 1. The Hall–Kier alpha value is -2.67. The summed E-state index contributed by atoms with van der Waals surface area (Å²) in [6, 6.07) is 9.47. The molecule has 0 saturated heterocycles. The lowest BCUT2D eigenvalue weighted by molar-refractivity contribution is 0.186. The van der Waals surface area contributed by atoms with Gasteiger partial charge >= 0.3 is 0 Å². The molecule has 0 bridgehead atoms. The lowest BCUT2D eigenvalue weighted by Crippen LogP contribution is -2.41. The summed E-state index contributed by atoms with van der Waals surface area (Å²) in [5, 5.41) is 13.4. The van der Waals surface area contributed by atoms with Gasteiger partial charge in [0.15, 0.2) is 5.96 Å². The third kappa shape index (κ3) is 6.33. The summed E-state index contributed by atoms with van der Waals surface area (Å²) >= 11 is 0. The lowest BCUT2D eigenvalue weighted by atomic mass is 10.1. The third-order valence-corrected chi connectivity index (χ3v) is 3.71. The summed E-state index contributed by atoms with van der Waals surface area (Å²) < 4.78 is 18.5. The number of likely N-dealkylation sites (N-methyl/N-ethyl adjacent to an activating group) is 1. The van der Waals surface area contributed by atoms with Crippen molar-refractivity contribution in [2.75, 3.05) is 33.3 Å². The van der Waals surface area contributed by atoms with Crippen LogP contribution in [0.2, 0.25) is 0 Å². The van der Waals surface area contributed by atoms with Crippen LogP contribution in [0.1, 0.15) is 18.6 Å². The van der Waals surface area contributed by atoms with Crippen molar-refractivity contribution in [1.29, 1.82) is 0 Å². The van der Waals surface area contributed by atoms with Gasteiger partial charge in [-0.1, -0.05) is 0 Å². The first kappa shape index (κ1) is 19.7. The van der Waals surface area contributed by atoms with Gasteiger partial charge in [0.25, 0.3) is 0 Å². The maximum absolute atomic E-state index is 12.9. The van der Waals surface area contributed by atoms with E-state index in [-0.39, 0.29) is 12.4 Å². The van der Waals surface area contributed by atoms with Crippen LogP contribution in [0, 0.1) is 5.82 Å². The van der Waals surface area contributed by atoms with Crippen LogP contribution in [0.5, 0.6) is 5.75 Å². The maximum atomic E-state index is 12.9. The molecule has 0 fully saturated rings. The summed E-state index contributed by atoms with van der Waals surface area (Å²) in [7, 11) is 1.90. The second-order valence-electron chi connectivity index (χ2n) is 5.71. The summed E-state index contributed by atoms with van der Waals surface area (Å²) in [5.74, 6) is 1.02. The van der Waals surface area contributed by atoms with Crippen molar-refractivity contribution < 1.29 is 14.2 Å². The van der Waals surface area contributed by atoms with Crippen LogP contribution in [0.25, 0.3) is 0 Å². The fourth-order valence-electron chi connectivity index (χ4n) is 2.27. The molecule has 0 saturated carbocycles. The number of nitrogens with one attached hydrogen (secondary N) is 1. The molecule has 2 N–H and O–H groups in total. The van der Waals surface area contributed by atoms with Gasteiger partial charge in [-0.25, -0.2) is 4.39 Å². The molecule has 0 radical (unpaired) electrons. The van der Waals surface area contributed by atoms with Gasteiger partial charge in [0.1, 0.15) is 18.2 Å². The molecule has 0 spiro atoms. The normalized spacial score (nSPS) is 12.5. The highest BCUT2D eigenvalue weighted by Gasteiger charge is 2.10. The van der Waals surface area contributed by atoms with E-state index in [0.717, 1.165) is 5.56 Å². The molecule has 0 aliphatic carbocycles. The molecule has 1 unspecified atom stereocenters. The number of aliphatic hydroxyl groups is 1. The molecular formula is C19H25FN4O2. The summed E-state index contributed by atoms with van der Waals surface area (Å²) in [6.07, 6.45) is 2.61. The third-order valence-electron chi connectivity index (χ3n) is 3.71. The Morgan fingerprint density at radius 2 is 1.96 bits per heavy atom. The van der Waals surface area contributed by atoms with Crippen LogP contribution in [-0.4, -0.2) is 54.2 Å². The number of pyridine rings is 1. The van der Waals surface area contributed by atoms with Crippen LogP contribution >= 0.6 is 0 Å². The molecule has 0 aliphatic rings. The first-order valence-electron chi connectivity index (χ1n) is 8.56. The van der Waals surface area contributed by atoms with Crippen LogP contribution in [0.15, 0.2) is 53.8 Å². The van der Waals surface area contributed by atoms with Crippen LogP contribution in [0.3, 0.4) is 0 Å². The highest BCUT2D eigenvalue weighted by molar-refractivity contribution is 5.79. The van der Waals surface area contributed by atoms with Gasteiger partial charge in [-0.05, 0) is 48.9 Å². The largest absolute Gasteiger partial charge is 0.492 e. The van der Waals surface area contributed by atoms with Gasteiger partial charge in [0.05, 0.1) is 19.2 Å². The van der Waals surface area contributed by atoms with Crippen LogP contribution in [-0.2, 0) is 0 Å². The second kappa shape index (κ2) is 10.4. The zero-order valence-electron chi connectivity index (χ0n) is 15.1. The Labute approximate surface area is 153 Å². The average Bonchev–Trinajstić information content (AvgIpc) is 2.67. The molecule has 1 aromatic heterocycles. The van der Waals surface area contributed by atoms with Crippen molar-refractivity contribution in [1.82, 2.24) is 15.2 Å². The average molecular weight is 360 g/mol. The van der Waals surface area contributed by atoms with Crippen molar-refractivity contribution in [3.63, 3.8) is 0 Å². The van der Waals surface area contributed by atoms with Crippen molar-refractivity contribution in [3.05, 3.63) is 60.2 Å².